The molecule has 5 nitrogen and oxygen atoms in total. The maximum atomic E-state index is 11.3. The maximum absolute atomic E-state index is 11.3. The average molecular weight is 228 g/mol. The molecule has 1 aliphatic carbocycles. The van der Waals surface area contributed by atoms with Crippen molar-refractivity contribution in [1.29, 1.82) is 0 Å². The summed E-state index contributed by atoms with van der Waals surface area (Å²) in [6.45, 7) is 0.423. The second kappa shape index (κ2) is 5.84. The third-order valence-corrected chi connectivity index (χ3v) is 3.21. The predicted octanol–water partition coefficient (Wildman–Crippen LogP) is 0.500. The van der Waals surface area contributed by atoms with Gasteiger partial charge in [-0.2, -0.15) is 0 Å². The van der Waals surface area contributed by atoms with E-state index in [0.717, 1.165) is 19.3 Å². The summed E-state index contributed by atoms with van der Waals surface area (Å²) in [5, 5.41) is 14.8. The van der Waals surface area contributed by atoms with Crippen molar-refractivity contribution in [1.82, 2.24) is 10.6 Å². The summed E-state index contributed by atoms with van der Waals surface area (Å²) in [4.78, 5) is 22.3. The molecule has 92 valence electrons. The molecule has 1 fully saturated rings. The van der Waals surface area contributed by atoms with E-state index in [1.807, 2.05) is 0 Å². The summed E-state index contributed by atoms with van der Waals surface area (Å²) in [5.41, 5.74) is -0.799. The molecule has 0 spiro atoms. The number of amides is 1. The van der Waals surface area contributed by atoms with Gasteiger partial charge in [0.1, 0.15) is 5.54 Å². The number of hydrogen-bond acceptors (Lipinski definition) is 3. The van der Waals surface area contributed by atoms with E-state index in [4.69, 9.17) is 0 Å². The Balaban J connectivity index is 2.45. The lowest BCUT2D eigenvalue weighted by atomic mass is 9.81. The maximum Gasteiger partial charge on any atom is 0.323 e. The van der Waals surface area contributed by atoms with Crippen molar-refractivity contribution in [2.75, 3.05) is 13.6 Å². The highest BCUT2D eigenvalue weighted by molar-refractivity contribution is 5.79. The highest BCUT2D eigenvalue weighted by Crippen LogP contribution is 2.28. The highest BCUT2D eigenvalue weighted by Gasteiger charge is 2.38. The lowest BCUT2D eigenvalue weighted by Crippen LogP contribution is -2.54. The molecule has 0 aliphatic heterocycles. The fourth-order valence-electron chi connectivity index (χ4n) is 2.16. The molecule has 0 aromatic heterocycles. The number of nitrogens with one attached hydrogen (secondary N) is 2. The lowest BCUT2D eigenvalue weighted by molar-refractivity contribution is -0.146. The quantitative estimate of drug-likeness (QED) is 0.640. The summed E-state index contributed by atoms with van der Waals surface area (Å²) in [6, 6.07) is 0. The molecule has 0 atom stereocenters. The van der Waals surface area contributed by atoms with Gasteiger partial charge < -0.3 is 15.7 Å². The Kier molecular flexibility index (Phi) is 4.73. The van der Waals surface area contributed by atoms with Crippen LogP contribution in [0.15, 0.2) is 0 Å². The molecule has 0 saturated heterocycles. The summed E-state index contributed by atoms with van der Waals surface area (Å²) >= 11 is 0. The summed E-state index contributed by atoms with van der Waals surface area (Å²) in [7, 11) is 1.58. The molecule has 16 heavy (non-hydrogen) atoms. The van der Waals surface area contributed by atoms with Gasteiger partial charge in [0.2, 0.25) is 5.91 Å². The fourth-order valence-corrected chi connectivity index (χ4v) is 2.16. The van der Waals surface area contributed by atoms with Crippen molar-refractivity contribution in [3.8, 4) is 0 Å². The Bertz CT molecular complexity index is 260. The van der Waals surface area contributed by atoms with Gasteiger partial charge in [-0.1, -0.05) is 19.3 Å². The van der Waals surface area contributed by atoms with Gasteiger partial charge in [-0.15, -0.1) is 0 Å². The summed E-state index contributed by atoms with van der Waals surface area (Å²) < 4.78 is 0. The zero-order valence-corrected chi connectivity index (χ0v) is 9.71. The minimum atomic E-state index is -0.799. The van der Waals surface area contributed by atoms with Crippen molar-refractivity contribution in [2.24, 2.45) is 0 Å². The van der Waals surface area contributed by atoms with Crippen molar-refractivity contribution in [3.63, 3.8) is 0 Å². The van der Waals surface area contributed by atoms with E-state index in [2.05, 4.69) is 10.6 Å². The van der Waals surface area contributed by atoms with Crippen LogP contribution in [0.25, 0.3) is 0 Å². The van der Waals surface area contributed by atoms with Gasteiger partial charge in [-0.05, 0) is 12.8 Å². The molecule has 1 saturated carbocycles. The summed E-state index contributed by atoms with van der Waals surface area (Å²) in [5.74, 6) is -0.854. The Morgan fingerprint density at radius 3 is 2.38 bits per heavy atom. The lowest BCUT2D eigenvalue weighted by Gasteiger charge is -2.34. The van der Waals surface area contributed by atoms with E-state index < -0.39 is 11.5 Å². The molecule has 0 radical (unpaired) electrons. The molecule has 1 aliphatic rings. The van der Waals surface area contributed by atoms with Crippen molar-refractivity contribution in [3.05, 3.63) is 0 Å². The van der Waals surface area contributed by atoms with Gasteiger partial charge in [0.25, 0.3) is 0 Å². The van der Waals surface area contributed by atoms with Crippen LogP contribution < -0.4 is 10.6 Å². The molecule has 5 heteroatoms. The van der Waals surface area contributed by atoms with Crippen molar-refractivity contribution >= 4 is 11.9 Å². The monoisotopic (exact) mass is 228 g/mol. The van der Waals surface area contributed by atoms with E-state index in [1.165, 1.54) is 0 Å². The van der Waals surface area contributed by atoms with Crippen molar-refractivity contribution < 1.29 is 14.7 Å². The standard InChI is InChI=1S/C11H20N2O3/c1-12-9(14)5-8-13-11(10(15)16)6-3-2-4-7-11/h13H,2-8H2,1H3,(H,12,14)(H,15,16). The highest BCUT2D eigenvalue weighted by atomic mass is 16.4. The zero-order valence-electron chi connectivity index (χ0n) is 9.71. The first-order chi connectivity index (χ1) is 7.60. The first kappa shape index (κ1) is 13.0. The number of hydrogen-bond donors (Lipinski definition) is 3. The van der Waals surface area contributed by atoms with Gasteiger partial charge in [-0.3, -0.25) is 9.59 Å². The van der Waals surface area contributed by atoms with Gasteiger partial charge in [0, 0.05) is 20.0 Å². The van der Waals surface area contributed by atoms with E-state index in [1.54, 1.807) is 7.05 Å². The van der Waals surface area contributed by atoms with Gasteiger partial charge in [-0.25, -0.2) is 0 Å². The number of carboxylic acids is 1. The van der Waals surface area contributed by atoms with E-state index in [9.17, 15) is 14.7 Å². The number of aliphatic carboxylic acids is 1. The smallest absolute Gasteiger partial charge is 0.323 e. The number of rotatable bonds is 5. The molecular formula is C11H20N2O3. The van der Waals surface area contributed by atoms with Gasteiger partial charge in [0.05, 0.1) is 0 Å². The molecular weight excluding hydrogens is 208 g/mol. The van der Waals surface area contributed by atoms with Crippen LogP contribution in [-0.2, 0) is 9.59 Å². The molecule has 0 bridgehead atoms. The molecule has 3 N–H and O–H groups in total. The zero-order chi connectivity index (χ0) is 12.0. The fraction of sp³-hybridized carbons (Fsp3) is 0.818. The molecule has 1 amide bonds. The molecule has 0 heterocycles. The molecule has 0 aromatic rings. The largest absolute Gasteiger partial charge is 0.480 e. The Labute approximate surface area is 95.6 Å². The van der Waals surface area contributed by atoms with Gasteiger partial charge >= 0.3 is 5.97 Å². The number of carbonyl (C=O) groups excluding carboxylic acids is 1. The second-order valence-corrected chi connectivity index (χ2v) is 4.30. The average Bonchev–Trinajstić information content (AvgIpc) is 2.30. The Hall–Kier alpha value is -1.10. The second-order valence-electron chi connectivity index (χ2n) is 4.30. The Morgan fingerprint density at radius 2 is 1.88 bits per heavy atom. The predicted molar refractivity (Wildman–Crippen MR) is 60.1 cm³/mol. The van der Waals surface area contributed by atoms with Crippen LogP contribution in [0.2, 0.25) is 0 Å². The third-order valence-electron chi connectivity index (χ3n) is 3.21. The minimum absolute atomic E-state index is 0.0659. The molecule has 0 aromatic carbocycles. The third kappa shape index (κ3) is 3.20. The van der Waals surface area contributed by atoms with Gasteiger partial charge in [0.15, 0.2) is 0 Å². The first-order valence-electron chi connectivity index (χ1n) is 5.80. The van der Waals surface area contributed by atoms with Crippen molar-refractivity contribution in [2.45, 2.75) is 44.1 Å². The van der Waals surface area contributed by atoms with E-state index >= 15 is 0 Å². The van der Waals surface area contributed by atoms with Crippen LogP contribution in [0.3, 0.4) is 0 Å². The van der Waals surface area contributed by atoms with E-state index in [-0.39, 0.29) is 5.91 Å². The minimum Gasteiger partial charge on any atom is -0.480 e. The van der Waals surface area contributed by atoms with Crippen LogP contribution in [-0.4, -0.2) is 36.1 Å². The summed E-state index contributed by atoms with van der Waals surface area (Å²) in [6.07, 6.45) is 4.64. The van der Waals surface area contributed by atoms with Crippen LogP contribution in [0.1, 0.15) is 38.5 Å². The SMILES string of the molecule is CNC(=O)CCNC1(C(=O)O)CCCCC1. The topological polar surface area (TPSA) is 78.4 Å². The van der Waals surface area contributed by atoms with Crippen LogP contribution in [0, 0.1) is 0 Å². The van der Waals surface area contributed by atoms with Crippen LogP contribution in [0.5, 0.6) is 0 Å². The normalized spacial score (nSPS) is 19.1. The molecule has 0 unspecified atom stereocenters. The number of carbonyl (C=O) groups is 2. The Morgan fingerprint density at radius 1 is 1.25 bits per heavy atom. The first-order valence-corrected chi connectivity index (χ1v) is 5.80. The van der Waals surface area contributed by atoms with Crippen LogP contribution in [0.4, 0.5) is 0 Å². The van der Waals surface area contributed by atoms with E-state index in [0.29, 0.717) is 25.8 Å². The number of carboxylic acid groups (broad SMARTS) is 1. The van der Waals surface area contributed by atoms with Crippen LogP contribution >= 0.6 is 0 Å². The molecule has 1 rings (SSSR count).